The van der Waals surface area contributed by atoms with Crippen LogP contribution in [0.4, 0.5) is 0 Å². The minimum Gasteiger partial charge on any atom is -0.396 e. The van der Waals surface area contributed by atoms with E-state index in [0.29, 0.717) is 28.9 Å². The highest BCUT2D eigenvalue weighted by atomic mass is 15.1. The maximum Gasteiger partial charge on any atom is 0.182 e. The minimum absolute atomic E-state index is 0.216. The maximum absolute atomic E-state index is 6.40. The first-order chi connectivity index (χ1) is 20.9. The molecule has 1 aliphatic rings. The maximum atomic E-state index is 6.40. The van der Waals surface area contributed by atoms with Crippen molar-refractivity contribution >= 4 is 16.5 Å². The number of pyridine rings is 1. The Morgan fingerprint density at radius 3 is 2.16 bits per heavy atom. The van der Waals surface area contributed by atoms with E-state index >= 15 is 0 Å². The Kier molecular flexibility index (Phi) is 6.43. The van der Waals surface area contributed by atoms with E-state index < -0.39 is 0 Å². The van der Waals surface area contributed by atoms with Crippen LogP contribution in [0, 0.1) is 0 Å². The summed E-state index contributed by atoms with van der Waals surface area (Å²) in [6.45, 7) is 6.53. The van der Waals surface area contributed by atoms with Crippen LogP contribution in [0.3, 0.4) is 0 Å². The van der Waals surface area contributed by atoms with Gasteiger partial charge < -0.3 is 5.73 Å². The molecule has 0 saturated heterocycles. The van der Waals surface area contributed by atoms with Gasteiger partial charge in [-0.1, -0.05) is 98.8 Å². The summed E-state index contributed by atoms with van der Waals surface area (Å²) in [5.41, 5.74) is 15.8. The van der Waals surface area contributed by atoms with Crippen molar-refractivity contribution in [3.8, 4) is 45.2 Å². The van der Waals surface area contributed by atoms with Crippen LogP contribution in [-0.4, -0.2) is 19.9 Å². The molecule has 7 rings (SSSR count). The summed E-state index contributed by atoms with van der Waals surface area (Å²) in [6, 6.07) is 34.2. The topological polar surface area (TPSA) is 77.6 Å². The van der Waals surface area contributed by atoms with Crippen LogP contribution >= 0.6 is 0 Å². The molecule has 0 bridgehead atoms. The van der Waals surface area contributed by atoms with Gasteiger partial charge in [0.15, 0.2) is 17.5 Å². The number of nitrogens with zero attached hydrogens (tertiary/aromatic N) is 4. The predicted octanol–water partition coefficient (Wildman–Crippen LogP) is 8.60. The first-order valence-electron chi connectivity index (χ1n) is 14.5. The van der Waals surface area contributed by atoms with Crippen molar-refractivity contribution in [3.63, 3.8) is 0 Å². The van der Waals surface area contributed by atoms with Crippen LogP contribution < -0.4 is 5.73 Å². The number of hydrogen-bond donors (Lipinski definition) is 1. The quantitative estimate of drug-likeness (QED) is 0.215. The molecule has 6 aromatic rings. The lowest BCUT2D eigenvalue weighted by atomic mass is 9.81. The van der Waals surface area contributed by atoms with Crippen molar-refractivity contribution in [2.75, 3.05) is 0 Å². The van der Waals surface area contributed by atoms with Gasteiger partial charge in [-0.15, -0.1) is 0 Å². The molecule has 0 saturated carbocycles. The molecule has 43 heavy (non-hydrogen) atoms. The van der Waals surface area contributed by atoms with Crippen LogP contribution in [0.25, 0.3) is 61.6 Å². The van der Waals surface area contributed by atoms with Gasteiger partial charge in [-0.2, -0.15) is 0 Å². The molecule has 2 heterocycles. The number of nitrogens with two attached hydrogens (primary N) is 1. The van der Waals surface area contributed by atoms with Crippen LogP contribution in [-0.2, 0) is 5.41 Å². The van der Waals surface area contributed by atoms with E-state index in [-0.39, 0.29) is 5.41 Å². The van der Waals surface area contributed by atoms with Gasteiger partial charge in [0.1, 0.15) is 5.69 Å². The predicted molar refractivity (Wildman–Crippen MR) is 176 cm³/mol. The van der Waals surface area contributed by atoms with Gasteiger partial charge in [-0.25, -0.2) is 15.0 Å². The number of benzene rings is 4. The molecule has 5 heteroatoms. The molecular weight excluding hydrogens is 526 g/mol. The van der Waals surface area contributed by atoms with Gasteiger partial charge in [0.25, 0.3) is 0 Å². The standard InChI is InChI=1S/C38H31N5/c1-4-5-15-33(39)36-41-35(42-37(43-36)34-16-8-9-21-40-34)26-18-20-30-29-19-17-25(22-31(29)38(2,3)32(30)23-26)28-14-10-12-24-11-6-7-13-27(24)28/h4-23H,39H2,1-3H3/b5-4-,33-15-. The lowest BCUT2D eigenvalue weighted by Gasteiger charge is -2.22. The zero-order valence-electron chi connectivity index (χ0n) is 24.4. The summed E-state index contributed by atoms with van der Waals surface area (Å²) < 4.78 is 0. The van der Waals surface area contributed by atoms with Crippen LogP contribution in [0.5, 0.6) is 0 Å². The Hall–Kier alpha value is -5.42. The van der Waals surface area contributed by atoms with Crippen molar-refractivity contribution in [2.45, 2.75) is 26.2 Å². The zero-order chi connectivity index (χ0) is 29.6. The van der Waals surface area contributed by atoms with Crippen molar-refractivity contribution in [2.24, 2.45) is 5.73 Å². The molecule has 0 atom stereocenters. The van der Waals surface area contributed by atoms with E-state index in [1.165, 1.54) is 44.2 Å². The lowest BCUT2D eigenvalue weighted by Crippen LogP contribution is -2.15. The third-order valence-electron chi connectivity index (χ3n) is 8.29. The highest BCUT2D eigenvalue weighted by Crippen LogP contribution is 2.50. The SMILES string of the molecule is C/C=C\C=C(/N)c1nc(-c2ccc3c(c2)C(C)(C)c2cc(-c4cccc5ccccc45)ccc2-3)nc(-c2ccccn2)n1. The van der Waals surface area contributed by atoms with Gasteiger partial charge in [-0.3, -0.25) is 4.98 Å². The first kappa shape index (κ1) is 26.5. The average Bonchev–Trinajstić information content (AvgIpc) is 3.28. The summed E-state index contributed by atoms with van der Waals surface area (Å²) in [6.07, 6.45) is 7.33. The van der Waals surface area contributed by atoms with E-state index in [0.717, 1.165) is 5.56 Å². The molecule has 4 aromatic carbocycles. The molecule has 0 spiro atoms. The normalized spacial score (nSPS) is 13.8. The highest BCUT2D eigenvalue weighted by Gasteiger charge is 2.36. The molecule has 2 aromatic heterocycles. The van der Waals surface area contributed by atoms with Crippen molar-refractivity contribution in [3.05, 3.63) is 138 Å². The minimum atomic E-state index is -0.216. The van der Waals surface area contributed by atoms with E-state index in [4.69, 9.17) is 15.7 Å². The summed E-state index contributed by atoms with van der Waals surface area (Å²) in [5.74, 6) is 1.47. The molecule has 0 fully saturated rings. The Morgan fingerprint density at radius 1 is 0.698 bits per heavy atom. The van der Waals surface area contributed by atoms with Gasteiger partial charge in [0.05, 0.1) is 5.70 Å². The second kappa shape index (κ2) is 10.4. The van der Waals surface area contributed by atoms with E-state index in [1.807, 2.05) is 37.3 Å². The van der Waals surface area contributed by atoms with E-state index in [2.05, 4.69) is 103 Å². The number of allylic oxidation sites excluding steroid dienone is 3. The zero-order valence-corrected chi connectivity index (χ0v) is 24.4. The lowest BCUT2D eigenvalue weighted by molar-refractivity contribution is 0.661. The molecule has 2 N–H and O–H groups in total. The molecular formula is C38H31N5. The monoisotopic (exact) mass is 557 g/mol. The summed E-state index contributed by atoms with van der Waals surface area (Å²) in [4.78, 5) is 18.8. The van der Waals surface area contributed by atoms with Crippen molar-refractivity contribution in [1.29, 1.82) is 0 Å². The van der Waals surface area contributed by atoms with Crippen molar-refractivity contribution < 1.29 is 0 Å². The van der Waals surface area contributed by atoms with Crippen LogP contribution in [0.15, 0.2) is 121 Å². The molecule has 0 aliphatic heterocycles. The number of rotatable bonds is 5. The van der Waals surface area contributed by atoms with Gasteiger partial charge >= 0.3 is 0 Å². The van der Waals surface area contributed by atoms with Crippen LogP contribution in [0.1, 0.15) is 37.7 Å². The Balaban J connectivity index is 1.34. The molecule has 1 aliphatic carbocycles. The second-order valence-corrected chi connectivity index (χ2v) is 11.3. The Labute approximate surface area is 251 Å². The summed E-state index contributed by atoms with van der Waals surface area (Å²) >= 11 is 0. The van der Waals surface area contributed by atoms with Gasteiger partial charge in [0.2, 0.25) is 0 Å². The fourth-order valence-electron chi connectivity index (χ4n) is 6.04. The third kappa shape index (κ3) is 4.59. The fraction of sp³-hybridized carbons (Fsp3) is 0.105. The van der Waals surface area contributed by atoms with Crippen LogP contribution in [0.2, 0.25) is 0 Å². The van der Waals surface area contributed by atoms with Gasteiger partial charge in [-0.05, 0) is 81.4 Å². The number of aromatic nitrogens is 4. The number of fused-ring (bicyclic) bond motifs is 4. The van der Waals surface area contributed by atoms with Gasteiger partial charge in [0, 0.05) is 17.2 Å². The fourth-order valence-corrected chi connectivity index (χ4v) is 6.04. The summed E-state index contributed by atoms with van der Waals surface area (Å²) in [7, 11) is 0. The van der Waals surface area contributed by atoms with Crippen molar-refractivity contribution in [1.82, 2.24) is 19.9 Å². The second-order valence-electron chi connectivity index (χ2n) is 11.3. The number of hydrogen-bond acceptors (Lipinski definition) is 5. The molecule has 5 nitrogen and oxygen atoms in total. The van der Waals surface area contributed by atoms with E-state index in [1.54, 1.807) is 12.3 Å². The Morgan fingerprint density at radius 2 is 1.40 bits per heavy atom. The summed E-state index contributed by atoms with van der Waals surface area (Å²) in [5, 5.41) is 2.51. The molecule has 0 amide bonds. The molecule has 0 unspecified atom stereocenters. The smallest absolute Gasteiger partial charge is 0.182 e. The first-order valence-corrected chi connectivity index (χ1v) is 14.5. The highest BCUT2D eigenvalue weighted by molar-refractivity contribution is 5.97. The molecule has 208 valence electrons. The molecule has 0 radical (unpaired) electrons. The Bertz CT molecular complexity index is 2070. The van der Waals surface area contributed by atoms with E-state index in [9.17, 15) is 0 Å². The third-order valence-corrected chi connectivity index (χ3v) is 8.29. The average molecular weight is 558 g/mol. The largest absolute Gasteiger partial charge is 0.396 e.